The number of nitrogens with two attached hydrogens (primary N) is 1. The lowest BCUT2D eigenvalue weighted by Gasteiger charge is -2.64. The van der Waals surface area contributed by atoms with Gasteiger partial charge in [-0.25, -0.2) is 0 Å². The lowest BCUT2D eigenvalue weighted by atomic mass is 9.43. The first-order valence-corrected chi connectivity index (χ1v) is 23.7. The molecule has 11 N–H and O–H groups in total. The number of amides is 8. The van der Waals surface area contributed by atoms with E-state index in [9.17, 15) is 48.6 Å². The van der Waals surface area contributed by atoms with Crippen molar-refractivity contribution in [1.82, 2.24) is 37.2 Å². The largest absolute Gasteiger partial charge is 0.481 e. The van der Waals surface area contributed by atoms with Crippen molar-refractivity contribution in [2.24, 2.45) is 23.0 Å². The van der Waals surface area contributed by atoms with Crippen LogP contribution in [0.2, 0.25) is 0 Å². The van der Waals surface area contributed by atoms with Crippen molar-refractivity contribution >= 4 is 54.4 Å². The van der Waals surface area contributed by atoms with Crippen molar-refractivity contribution in [3.8, 4) is 11.1 Å². The summed E-state index contributed by atoms with van der Waals surface area (Å²) in [6.45, 7) is 12.6. The zero-order valence-corrected chi connectivity index (χ0v) is 40.7. The van der Waals surface area contributed by atoms with E-state index < -0.39 is 122 Å². The van der Waals surface area contributed by atoms with E-state index in [1.54, 1.807) is 31.2 Å². The zero-order chi connectivity index (χ0) is 51.0. The van der Waals surface area contributed by atoms with Gasteiger partial charge in [-0.2, -0.15) is 0 Å². The Morgan fingerprint density at radius 1 is 0.754 bits per heavy atom. The Morgan fingerprint density at radius 3 is 1.93 bits per heavy atom. The minimum absolute atomic E-state index is 0.104. The summed E-state index contributed by atoms with van der Waals surface area (Å²) in [5, 5.41) is 37.2. The van der Waals surface area contributed by atoms with E-state index in [-0.39, 0.29) is 23.0 Å². The molecule has 2 aromatic rings. The summed E-state index contributed by atoms with van der Waals surface area (Å²) in [6, 6.07) is 7.82. The van der Waals surface area contributed by atoms with Crippen LogP contribution < -0.4 is 43.0 Å². The van der Waals surface area contributed by atoms with E-state index >= 15 is 0 Å². The van der Waals surface area contributed by atoms with Crippen LogP contribution in [-0.4, -0.2) is 132 Å². The van der Waals surface area contributed by atoms with Crippen LogP contribution in [0.3, 0.4) is 0 Å². The molecule has 11 atom stereocenters. The van der Waals surface area contributed by atoms with Crippen molar-refractivity contribution in [3.05, 3.63) is 59.7 Å². The lowest BCUT2D eigenvalue weighted by Crippen LogP contribution is -2.65. The van der Waals surface area contributed by atoms with Gasteiger partial charge in [0.1, 0.15) is 30.2 Å². The molecule has 3 aliphatic carbocycles. The first-order chi connectivity index (χ1) is 32.5. The van der Waals surface area contributed by atoms with Gasteiger partial charge in [0.25, 0.3) is 5.91 Å². The molecule has 1 unspecified atom stereocenters. The van der Waals surface area contributed by atoms with Crippen LogP contribution in [0.5, 0.6) is 0 Å². The molecule has 1 heterocycles. The first kappa shape index (κ1) is 54.1. The van der Waals surface area contributed by atoms with Gasteiger partial charge in [-0.05, 0) is 106 Å². The number of nitrogens with one attached hydrogen (secondary N) is 7. The van der Waals surface area contributed by atoms with Crippen LogP contribution in [0.25, 0.3) is 11.1 Å². The summed E-state index contributed by atoms with van der Waals surface area (Å²) < 4.78 is 12.7. The van der Waals surface area contributed by atoms with E-state index in [1.165, 1.54) is 26.3 Å². The van der Waals surface area contributed by atoms with Gasteiger partial charge in [0.05, 0.1) is 43.3 Å². The topological polar surface area (TPSA) is 306 Å². The Bertz CT molecular complexity index is 2210. The Labute approximate surface area is 403 Å². The average Bonchev–Trinajstić information content (AvgIpc) is 3.68. The Morgan fingerprint density at radius 2 is 1.35 bits per heavy atom. The molecular weight excluding hydrogens is 891 g/mol. The van der Waals surface area contributed by atoms with Gasteiger partial charge < -0.3 is 62.5 Å². The highest BCUT2D eigenvalue weighted by Gasteiger charge is 2.68. The molecule has 2 bridgehead atoms. The number of benzene rings is 2. The summed E-state index contributed by atoms with van der Waals surface area (Å²) in [4.78, 5) is 104. The highest BCUT2D eigenvalue weighted by atomic mass is 16.7. The zero-order valence-electron chi connectivity index (χ0n) is 40.7. The molecule has 2 aromatic carbocycles. The number of aliphatic hydroxyl groups is 2. The molecule has 3 saturated carbocycles. The van der Waals surface area contributed by atoms with Crippen LogP contribution >= 0.6 is 0 Å². The molecule has 1 saturated heterocycles. The summed E-state index contributed by atoms with van der Waals surface area (Å²) in [5.41, 5.74) is 8.32. The average molecular weight is 961 g/mol. The van der Waals surface area contributed by atoms with E-state index in [1.807, 2.05) is 19.1 Å². The lowest BCUT2D eigenvalue weighted by molar-refractivity contribution is -0.199. The number of hydrogen-bond acceptors (Lipinski definition) is 12. The molecule has 21 heteroatoms. The van der Waals surface area contributed by atoms with Crippen LogP contribution in [0.1, 0.15) is 103 Å². The summed E-state index contributed by atoms with van der Waals surface area (Å²) >= 11 is 0. The van der Waals surface area contributed by atoms with Crippen molar-refractivity contribution in [3.63, 3.8) is 0 Å². The van der Waals surface area contributed by atoms with E-state index in [2.05, 4.69) is 70.1 Å². The number of hydrogen-bond donors (Lipinski definition) is 10. The van der Waals surface area contributed by atoms with Crippen LogP contribution in [0.4, 0.5) is 0 Å². The van der Waals surface area contributed by atoms with Crippen molar-refractivity contribution < 1.29 is 57.9 Å². The number of primary amides is 1. The van der Waals surface area contributed by atoms with Gasteiger partial charge in [0.2, 0.25) is 41.4 Å². The first-order valence-electron chi connectivity index (χ1n) is 23.7. The highest BCUT2D eigenvalue weighted by Crippen LogP contribution is 2.65. The second-order valence-electron chi connectivity index (χ2n) is 19.4. The third-order valence-corrected chi connectivity index (χ3v) is 13.9. The molecule has 4 aliphatic rings. The molecule has 1 aliphatic heterocycles. The molecule has 8 amide bonds. The van der Waals surface area contributed by atoms with Gasteiger partial charge in [0, 0.05) is 5.56 Å². The van der Waals surface area contributed by atoms with Gasteiger partial charge in [-0.1, -0.05) is 63.6 Å². The van der Waals surface area contributed by atoms with Crippen molar-refractivity contribution in [1.29, 1.82) is 0 Å². The molecule has 6 rings (SSSR count). The SMILES string of the molecule is CCCCc1ccc(-c2ccc(C(=O)N[C@H](CO)C(=O)N[C@H](C)C(=O)NCC(=O)N[C@H](C(=O)N[C@@H](C)C(=O)N[C@@H](CC(N)=O)C(=O)N[C@@H](C)B3O[C@@H]4C[C@@H]5C[C@@H](C5(C)C)[C@]4(C)O3)C(C)O)cc2)cc1. The highest BCUT2D eigenvalue weighted by molar-refractivity contribution is 6.47. The van der Waals surface area contributed by atoms with Gasteiger partial charge in [-0.3, -0.25) is 38.4 Å². The fraction of sp³-hybridized carbons (Fsp3) is 0.583. The molecule has 376 valence electrons. The van der Waals surface area contributed by atoms with Crippen LogP contribution in [-0.2, 0) is 49.3 Å². The molecule has 0 spiro atoms. The van der Waals surface area contributed by atoms with Gasteiger partial charge >= 0.3 is 7.12 Å². The van der Waals surface area contributed by atoms with Gasteiger partial charge in [-0.15, -0.1) is 0 Å². The fourth-order valence-corrected chi connectivity index (χ4v) is 9.41. The molecule has 4 fully saturated rings. The fourth-order valence-electron chi connectivity index (χ4n) is 9.41. The second-order valence-corrected chi connectivity index (χ2v) is 19.4. The maximum atomic E-state index is 13.4. The molecule has 0 aromatic heterocycles. The van der Waals surface area contributed by atoms with Crippen molar-refractivity contribution in [2.75, 3.05) is 13.2 Å². The number of aryl methyl sites for hydroxylation is 1. The minimum atomic E-state index is -1.62. The van der Waals surface area contributed by atoms with Crippen molar-refractivity contribution in [2.45, 2.75) is 148 Å². The molecular formula is C48H69BN8O12. The third kappa shape index (κ3) is 13.3. The van der Waals surface area contributed by atoms with Gasteiger partial charge in [0.15, 0.2) is 0 Å². The van der Waals surface area contributed by atoms with Crippen LogP contribution in [0.15, 0.2) is 48.5 Å². The molecule has 20 nitrogen and oxygen atoms in total. The Hall–Kier alpha value is -5.90. The Balaban J connectivity index is 1.05. The quantitative estimate of drug-likeness (QED) is 0.0654. The predicted octanol–water partition coefficient (Wildman–Crippen LogP) is -0.0895. The number of carbonyl (C=O) groups excluding carboxylic acids is 8. The van der Waals surface area contributed by atoms with Crippen LogP contribution in [0, 0.1) is 17.3 Å². The predicted molar refractivity (Wildman–Crippen MR) is 254 cm³/mol. The number of aliphatic hydroxyl groups excluding tert-OH is 2. The smallest absolute Gasteiger partial charge is 0.404 e. The maximum Gasteiger partial charge on any atom is 0.481 e. The summed E-state index contributed by atoms with van der Waals surface area (Å²) in [7, 11) is -0.780. The van der Waals surface area contributed by atoms with E-state index in [0.29, 0.717) is 5.92 Å². The maximum absolute atomic E-state index is 13.4. The third-order valence-electron chi connectivity index (χ3n) is 13.9. The summed E-state index contributed by atoms with van der Waals surface area (Å²) in [5.74, 6) is -6.66. The molecule has 0 radical (unpaired) electrons. The molecule has 69 heavy (non-hydrogen) atoms. The standard InChI is InChI=1S/C48H69BN8O12/c1-9-10-11-29-12-14-30(15-13-29)31-16-18-32(19-17-31)43(64)56-35(24-58)45(66)52-25(2)41(62)51-23-39(61)57-40(27(4)59)46(67)53-26(3)42(63)55-34(22-38(50)60)44(65)54-28(5)49-68-37-21-33-20-36(47(33,6)7)48(37,8)69-49/h12-19,25-28,33-37,40,58-59H,9-11,20-24H2,1-8H3,(H2,50,60)(H,51,62)(H,52,66)(H,53,67)(H,54,65)(H,55,63)(H,56,64)(H,57,61)/t25-,26+,27?,28+,33+,34+,35-,36+,37-,40+,48+/m1/s1. The minimum Gasteiger partial charge on any atom is -0.404 e. The van der Waals surface area contributed by atoms with E-state index in [0.717, 1.165) is 43.2 Å². The number of carbonyl (C=O) groups is 8. The summed E-state index contributed by atoms with van der Waals surface area (Å²) in [6.07, 6.45) is 2.88. The number of unbranched alkanes of at least 4 members (excludes halogenated alkanes) is 1. The number of rotatable bonds is 23. The van der Waals surface area contributed by atoms with E-state index in [4.69, 9.17) is 15.0 Å². The monoisotopic (exact) mass is 961 g/mol. The Kier molecular flexibility index (Phi) is 18.1. The second kappa shape index (κ2) is 23.1. The normalized spacial score (nSPS) is 22.9.